The highest BCUT2D eigenvalue weighted by Gasteiger charge is 1.94. The summed E-state index contributed by atoms with van der Waals surface area (Å²) in [5.41, 5.74) is 0. The lowest BCUT2D eigenvalue weighted by atomic mass is 10.0. The van der Waals surface area contributed by atoms with Crippen molar-refractivity contribution in [2.45, 2.75) is 89.9 Å². The quantitative estimate of drug-likeness (QED) is 0.0907. The molecule has 0 fully saturated rings. The summed E-state index contributed by atoms with van der Waals surface area (Å²) < 4.78 is 1.96. The highest BCUT2D eigenvalue weighted by atomic mass is 127. The number of thiol groups is 1. The molecular formula is C17H34INS2. The second-order valence-corrected chi connectivity index (χ2v) is 8.11. The van der Waals surface area contributed by atoms with Crippen LogP contribution in [0, 0.1) is 0 Å². The SMILES string of the molecule is S=C(S)NCCCCCCCCCCCCCCCCI. The number of hydrogen-bond acceptors (Lipinski definition) is 1. The highest BCUT2D eigenvalue weighted by molar-refractivity contribution is 14.1. The van der Waals surface area contributed by atoms with Crippen molar-refractivity contribution in [3.8, 4) is 0 Å². The zero-order valence-electron chi connectivity index (χ0n) is 13.5. The lowest BCUT2D eigenvalue weighted by molar-refractivity contribution is 0.535. The van der Waals surface area contributed by atoms with Gasteiger partial charge in [0.2, 0.25) is 0 Å². The first-order valence-electron chi connectivity index (χ1n) is 8.80. The van der Waals surface area contributed by atoms with Crippen LogP contribution in [0.5, 0.6) is 0 Å². The summed E-state index contributed by atoms with van der Waals surface area (Å²) in [7, 11) is 0. The van der Waals surface area contributed by atoms with E-state index in [0.717, 1.165) is 6.54 Å². The summed E-state index contributed by atoms with van der Waals surface area (Å²) in [5.74, 6) is 0. The standard InChI is InChI=1S/C17H34INS2/c18-15-13-11-9-7-5-3-1-2-4-6-8-10-12-14-16-19-17(20)21/h1-16H2,(H2,19,20,21). The molecule has 0 saturated carbocycles. The molecule has 21 heavy (non-hydrogen) atoms. The van der Waals surface area contributed by atoms with Crippen molar-refractivity contribution in [2.75, 3.05) is 11.0 Å². The third kappa shape index (κ3) is 21.0. The van der Waals surface area contributed by atoms with Gasteiger partial charge in [-0.3, -0.25) is 0 Å². The van der Waals surface area contributed by atoms with Crippen molar-refractivity contribution in [1.82, 2.24) is 5.32 Å². The van der Waals surface area contributed by atoms with Gasteiger partial charge in [-0.05, 0) is 17.3 Å². The Balaban J connectivity index is 2.95. The van der Waals surface area contributed by atoms with Gasteiger partial charge in [0.05, 0.1) is 0 Å². The van der Waals surface area contributed by atoms with E-state index in [1.165, 1.54) is 94.3 Å². The van der Waals surface area contributed by atoms with Gasteiger partial charge in [0.1, 0.15) is 4.32 Å². The first kappa shape index (κ1) is 22.0. The molecule has 0 aliphatic rings. The molecule has 0 aromatic heterocycles. The molecule has 0 aliphatic carbocycles. The highest BCUT2D eigenvalue weighted by Crippen LogP contribution is 2.13. The van der Waals surface area contributed by atoms with Gasteiger partial charge >= 0.3 is 0 Å². The Hall–Kier alpha value is 0.970. The van der Waals surface area contributed by atoms with Crippen LogP contribution in [-0.4, -0.2) is 15.3 Å². The number of halogens is 1. The fourth-order valence-corrected chi connectivity index (χ4v) is 3.29. The lowest BCUT2D eigenvalue weighted by Gasteiger charge is -2.04. The van der Waals surface area contributed by atoms with Crippen molar-refractivity contribution >= 4 is 51.8 Å². The topological polar surface area (TPSA) is 12.0 Å². The minimum atomic E-state index is 0.625. The molecule has 0 aliphatic heterocycles. The Labute approximate surface area is 157 Å². The van der Waals surface area contributed by atoms with Crippen molar-refractivity contribution in [1.29, 1.82) is 0 Å². The average molecular weight is 444 g/mol. The third-order valence-electron chi connectivity index (χ3n) is 3.84. The lowest BCUT2D eigenvalue weighted by Crippen LogP contribution is -2.17. The predicted octanol–water partition coefficient (Wildman–Crippen LogP) is 6.69. The van der Waals surface area contributed by atoms with Crippen molar-refractivity contribution in [3.63, 3.8) is 0 Å². The molecule has 126 valence electrons. The summed E-state index contributed by atoms with van der Waals surface area (Å²) in [4.78, 5) is 0. The van der Waals surface area contributed by atoms with Crippen LogP contribution in [0.1, 0.15) is 89.9 Å². The molecule has 0 aromatic rings. The first-order chi connectivity index (χ1) is 10.3. The van der Waals surface area contributed by atoms with E-state index in [1.54, 1.807) is 0 Å². The zero-order chi connectivity index (χ0) is 15.6. The van der Waals surface area contributed by atoms with Crippen LogP contribution < -0.4 is 5.32 Å². The molecule has 0 amide bonds. The number of rotatable bonds is 16. The molecule has 0 rings (SSSR count). The smallest absolute Gasteiger partial charge is 0.130 e. The van der Waals surface area contributed by atoms with E-state index >= 15 is 0 Å². The average Bonchev–Trinajstić information content (AvgIpc) is 2.46. The number of hydrogen-bond donors (Lipinski definition) is 2. The normalized spacial score (nSPS) is 10.8. The molecule has 1 nitrogen and oxygen atoms in total. The molecular weight excluding hydrogens is 409 g/mol. The van der Waals surface area contributed by atoms with Crippen molar-refractivity contribution in [2.24, 2.45) is 0 Å². The van der Waals surface area contributed by atoms with Crippen molar-refractivity contribution in [3.05, 3.63) is 0 Å². The number of unbranched alkanes of at least 4 members (excludes halogenated alkanes) is 13. The van der Waals surface area contributed by atoms with Crippen LogP contribution >= 0.6 is 47.4 Å². The van der Waals surface area contributed by atoms with E-state index in [0.29, 0.717) is 4.32 Å². The maximum absolute atomic E-state index is 4.85. The number of thiocarbonyl (C=S) groups is 1. The van der Waals surface area contributed by atoms with E-state index in [-0.39, 0.29) is 0 Å². The fourth-order valence-electron chi connectivity index (χ4n) is 2.54. The molecule has 0 bridgehead atoms. The summed E-state index contributed by atoms with van der Waals surface area (Å²) in [5, 5.41) is 3.09. The summed E-state index contributed by atoms with van der Waals surface area (Å²) in [6, 6.07) is 0. The minimum Gasteiger partial charge on any atom is -0.371 e. The Kier molecular flexibility index (Phi) is 19.9. The second kappa shape index (κ2) is 19.0. The second-order valence-electron chi connectivity index (χ2n) is 5.87. The van der Waals surface area contributed by atoms with Gasteiger partial charge in [-0.15, -0.1) is 12.6 Å². The first-order valence-corrected chi connectivity index (χ1v) is 11.2. The minimum absolute atomic E-state index is 0.625. The summed E-state index contributed by atoms with van der Waals surface area (Å²) in [6.45, 7) is 0.986. The van der Waals surface area contributed by atoms with Gasteiger partial charge in [-0.25, -0.2) is 0 Å². The van der Waals surface area contributed by atoms with Gasteiger partial charge in [-0.2, -0.15) is 0 Å². The van der Waals surface area contributed by atoms with Crippen molar-refractivity contribution < 1.29 is 0 Å². The van der Waals surface area contributed by atoms with E-state index in [9.17, 15) is 0 Å². The molecule has 4 heteroatoms. The maximum Gasteiger partial charge on any atom is 0.130 e. The number of alkyl halides is 1. The van der Waals surface area contributed by atoms with E-state index < -0.39 is 0 Å². The molecule has 0 heterocycles. The third-order valence-corrected chi connectivity index (χ3v) is 4.90. The van der Waals surface area contributed by atoms with Gasteiger partial charge in [0, 0.05) is 6.54 Å². The Morgan fingerprint density at radius 1 is 0.667 bits per heavy atom. The van der Waals surface area contributed by atoms with Crippen LogP contribution in [0.3, 0.4) is 0 Å². The molecule has 0 radical (unpaired) electrons. The van der Waals surface area contributed by atoms with Crippen LogP contribution in [0.15, 0.2) is 0 Å². The number of nitrogens with one attached hydrogen (secondary N) is 1. The van der Waals surface area contributed by atoms with Gasteiger partial charge in [0.15, 0.2) is 0 Å². The van der Waals surface area contributed by atoms with E-state index in [2.05, 4.69) is 40.5 Å². The molecule has 0 aromatic carbocycles. The van der Waals surface area contributed by atoms with E-state index in [4.69, 9.17) is 12.2 Å². The predicted molar refractivity (Wildman–Crippen MR) is 113 cm³/mol. The zero-order valence-corrected chi connectivity index (χ0v) is 17.4. The molecule has 0 unspecified atom stereocenters. The monoisotopic (exact) mass is 443 g/mol. The van der Waals surface area contributed by atoms with Gasteiger partial charge in [0.25, 0.3) is 0 Å². The summed E-state index contributed by atoms with van der Waals surface area (Å²) >= 11 is 11.4. The maximum atomic E-state index is 4.85. The molecule has 0 spiro atoms. The van der Waals surface area contributed by atoms with Gasteiger partial charge < -0.3 is 5.32 Å². The van der Waals surface area contributed by atoms with Crippen LogP contribution in [0.25, 0.3) is 0 Å². The largest absolute Gasteiger partial charge is 0.371 e. The molecule has 1 N–H and O–H groups in total. The van der Waals surface area contributed by atoms with Crippen LogP contribution in [-0.2, 0) is 0 Å². The summed E-state index contributed by atoms with van der Waals surface area (Å²) in [6.07, 6.45) is 19.8. The Morgan fingerprint density at radius 2 is 1.00 bits per heavy atom. The fraction of sp³-hybridized carbons (Fsp3) is 0.941. The van der Waals surface area contributed by atoms with Gasteiger partial charge in [-0.1, -0.05) is 112 Å². The molecule has 0 saturated heterocycles. The Morgan fingerprint density at radius 3 is 1.33 bits per heavy atom. The van der Waals surface area contributed by atoms with Crippen LogP contribution in [0.2, 0.25) is 0 Å². The molecule has 0 atom stereocenters. The van der Waals surface area contributed by atoms with Crippen LogP contribution in [0.4, 0.5) is 0 Å². The van der Waals surface area contributed by atoms with E-state index in [1.807, 2.05) is 0 Å². The Bertz CT molecular complexity index is 225.